The fraction of sp³-hybridized carbons (Fsp3) is 0.692. The average molecular weight is 336 g/mol. The Balaban J connectivity index is 1.89. The van der Waals surface area contributed by atoms with E-state index in [9.17, 15) is 8.42 Å². The van der Waals surface area contributed by atoms with Crippen LogP contribution in [0.15, 0.2) is 16.3 Å². The molecule has 1 aromatic rings. The number of nitrogens with zero attached hydrogens (tertiary/aromatic N) is 1. The van der Waals surface area contributed by atoms with E-state index in [2.05, 4.69) is 0 Å². The number of thiophene rings is 1. The van der Waals surface area contributed by atoms with Gasteiger partial charge in [0.05, 0.1) is 24.6 Å². The fourth-order valence-corrected chi connectivity index (χ4v) is 6.29. The number of alkyl halides is 1. The maximum atomic E-state index is 12.8. The lowest BCUT2D eigenvalue weighted by atomic mass is 9.91. The zero-order chi connectivity index (χ0) is 14.2. The van der Waals surface area contributed by atoms with Crippen LogP contribution in [-0.4, -0.2) is 38.0 Å². The smallest absolute Gasteiger partial charge is 0.252 e. The fourth-order valence-electron chi connectivity index (χ4n) is 3.04. The van der Waals surface area contributed by atoms with Crippen molar-refractivity contribution in [1.82, 2.24) is 4.31 Å². The second kappa shape index (κ2) is 5.93. The Hall–Kier alpha value is -0.140. The van der Waals surface area contributed by atoms with Crippen molar-refractivity contribution in [3.63, 3.8) is 0 Å². The van der Waals surface area contributed by atoms with Crippen molar-refractivity contribution in [2.24, 2.45) is 0 Å². The Labute approximate surface area is 128 Å². The van der Waals surface area contributed by atoms with Gasteiger partial charge in [-0.2, -0.15) is 4.31 Å². The van der Waals surface area contributed by atoms with Crippen LogP contribution in [0.3, 0.4) is 0 Å². The second-order valence-corrected chi connectivity index (χ2v) is 8.78. The minimum atomic E-state index is -3.41. The van der Waals surface area contributed by atoms with Crippen LogP contribution in [0.1, 0.15) is 30.6 Å². The zero-order valence-corrected chi connectivity index (χ0v) is 13.5. The van der Waals surface area contributed by atoms with E-state index in [-0.39, 0.29) is 12.1 Å². The first kappa shape index (κ1) is 14.8. The van der Waals surface area contributed by atoms with Crippen molar-refractivity contribution in [3.05, 3.63) is 17.0 Å². The second-order valence-electron chi connectivity index (χ2n) is 5.23. The molecule has 1 saturated carbocycles. The van der Waals surface area contributed by atoms with Gasteiger partial charge in [-0.05, 0) is 25.0 Å². The summed E-state index contributed by atoms with van der Waals surface area (Å²) in [7, 11) is -3.41. The molecule has 1 aliphatic carbocycles. The molecule has 2 fully saturated rings. The lowest BCUT2D eigenvalue weighted by Gasteiger charge is -2.42. The molecule has 2 atom stereocenters. The summed E-state index contributed by atoms with van der Waals surface area (Å²) in [5, 5.41) is 0. The molecular formula is C13H18ClNO3S2. The van der Waals surface area contributed by atoms with Gasteiger partial charge in [-0.3, -0.25) is 0 Å². The Morgan fingerprint density at radius 3 is 2.90 bits per heavy atom. The molecule has 0 amide bonds. The topological polar surface area (TPSA) is 46.6 Å². The summed E-state index contributed by atoms with van der Waals surface area (Å²) in [6, 6.07) is 3.47. The number of morpholine rings is 1. The van der Waals surface area contributed by atoms with Crippen molar-refractivity contribution in [1.29, 1.82) is 0 Å². The standard InChI is InChI=1S/C13H18ClNO3S2/c14-9-10-5-6-13(19-10)20(16,17)15-7-8-18-12-4-2-1-3-11(12)15/h5-6,11-12H,1-4,7-9H2. The predicted octanol–water partition coefficient (Wildman–Crippen LogP) is 2.82. The maximum absolute atomic E-state index is 12.8. The first-order chi connectivity index (χ1) is 9.63. The van der Waals surface area contributed by atoms with E-state index in [1.165, 1.54) is 11.3 Å². The third kappa shape index (κ3) is 2.64. The predicted molar refractivity (Wildman–Crippen MR) is 79.8 cm³/mol. The van der Waals surface area contributed by atoms with Crippen LogP contribution in [0, 0.1) is 0 Å². The van der Waals surface area contributed by atoms with E-state index in [4.69, 9.17) is 16.3 Å². The van der Waals surface area contributed by atoms with E-state index in [1.807, 2.05) is 0 Å². The Morgan fingerprint density at radius 2 is 2.15 bits per heavy atom. The van der Waals surface area contributed by atoms with Gasteiger partial charge in [0.15, 0.2) is 0 Å². The first-order valence-electron chi connectivity index (χ1n) is 6.91. The molecule has 7 heteroatoms. The van der Waals surface area contributed by atoms with E-state index in [0.29, 0.717) is 23.2 Å². The van der Waals surface area contributed by atoms with Gasteiger partial charge in [0, 0.05) is 11.4 Å². The molecule has 0 aromatic carbocycles. The number of sulfonamides is 1. The number of halogens is 1. The summed E-state index contributed by atoms with van der Waals surface area (Å²) in [6.45, 7) is 0.950. The van der Waals surface area contributed by atoms with E-state index in [0.717, 1.165) is 30.6 Å². The third-order valence-corrected chi connectivity index (χ3v) is 7.94. The SMILES string of the molecule is O=S(=O)(c1ccc(CCl)s1)N1CCOC2CCCCC21. The van der Waals surface area contributed by atoms with E-state index >= 15 is 0 Å². The molecule has 0 bridgehead atoms. The largest absolute Gasteiger partial charge is 0.375 e. The Bertz CT molecular complexity index is 570. The normalized spacial score (nSPS) is 28.2. The average Bonchev–Trinajstić information content (AvgIpc) is 2.96. The molecule has 1 aliphatic heterocycles. The third-order valence-electron chi connectivity index (χ3n) is 4.01. The van der Waals surface area contributed by atoms with Crippen LogP contribution in [0.25, 0.3) is 0 Å². The maximum Gasteiger partial charge on any atom is 0.252 e. The van der Waals surface area contributed by atoms with Crippen molar-refractivity contribution >= 4 is 33.0 Å². The van der Waals surface area contributed by atoms with Gasteiger partial charge in [-0.1, -0.05) is 12.8 Å². The quantitative estimate of drug-likeness (QED) is 0.798. The molecule has 0 N–H and O–H groups in total. The summed E-state index contributed by atoms with van der Waals surface area (Å²) >= 11 is 7.04. The van der Waals surface area contributed by atoms with Gasteiger partial charge >= 0.3 is 0 Å². The van der Waals surface area contributed by atoms with Crippen LogP contribution < -0.4 is 0 Å². The number of hydrogen-bond donors (Lipinski definition) is 0. The first-order valence-corrected chi connectivity index (χ1v) is 9.70. The molecule has 112 valence electrons. The Kier molecular flexibility index (Phi) is 4.38. The summed E-state index contributed by atoms with van der Waals surface area (Å²) in [5.41, 5.74) is 0. The highest BCUT2D eigenvalue weighted by molar-refractivity contribution is 7.91. The van der Waals surface area contributed by atoms with Crippen LogP contribution in [-0.2, 0) is 20.6 Å². The number of rotatable bonds is 3. The van der Waals surface area contributed by atoms with Gasteiger partial charge in [-0.25, -0.2) is 8.42 Å². The molecule has 20 heavy (non-hydrogen) atoms. The van der Waals surface area contributed by atoms with E-state index in [1.54, 1.807) is 16.4 Å². The van der Waals surface area contributed by atoms with Crippen LogP contribution >= 0.6 is 22.9 Å². The van der Waals surface area contributed by atoms with Gasteiger partial charge in [0.1, 0.15) is 4.21 Å². The lowest BCUT2D eigenvalue weighted by molar-refractivity contribution is -0.0585. The highest BCUT2D eigenvalue weighted by Crippen LogP contribution is 2.34. The Morgan fingerprint density at radius 1 is 1.35 bits per heavy atom. The summed E-state index contributed by atoms with van der Waals surface area (Å²) in [4.78, 5) is 0.888. The van der Waals surface area contributed by atoms with Crippen molar-refractivity contribution in [3.8, 4) is 0 Å². The van der Waals surface area contributed by atoms with Crippen molar-refractivity contribution in [2.45, 2.75) is 47.9 Å². The molecular weight excluding hydrogens is 318 g/mol. The van der Waals surface area contributed by atoms with Crippen LogP contribution in [0.5, 0.6) is 0 Å². The number of ether oxygens (including phenoxy) is 1. The molecule has 2 heterocycles. The summed E-state index contributed by atoms with van der Waals surface area (Å²) in [5.74, 6) is 0.356. The molecule has 2 unspecified atom stereocenters. The highest BCUT2D eigenvalue weighted by atomic mass is 35.5. The van der Waals surface area contributed by atoms with Crippen LogP contribution in [0.4, 0.5) is 0 Å². The van der Waals surface area contributed by atoms with Crippen molar-refractivity contribution < 1.29 is 13.2 Å². The molecule has 0 spiro atoms. The molecule has 2 aliphatic rings. The van der Waals surface area contributed by atoms with Gasteiger partial charge in [0.25, 0.3) is 10.0 Å². The molecule has 3 rings (SSSR count). The van der Waals surface area contributed by atoms with Gasteiger partial charge in [0.2, 0.25) is 0 Å². The van der Waals surface area contributed by atoms with Crippen molar-refractivity contribution in [2.75, 3.05) is 13.2 Å². The summed E-state index contributed by atoms with van der Waals surface area (Å²) < 4.78 is 33.4. The number of fused-ring (bicyclic) bond motifs is 1. The number of hydrogen-bond acceptors (Lipinski definition) is 4. The zero-order valence-electron chi connectivity index (χ0n) is 11.1. The molecule has 1 aromatic heterocycles. The lowest BCUT2D eigenvalue weighted by Crippen LogP contribution is -2.54. The van der Waals surface area contributed by atoms with E-state index < -0.39 is 10.0 Å². The molecule has 1 saturated heterocycles. The van der Waals surface area contributed by atoms with Gasteiger partial charge in [-0.15, -0.1) is 22.9 Å². The summed E-state index contributed by atoms with van der Waals surface area (Å²) in [6.07, 6.45) is 4.14. The minimum Gasteiger partial charge on any atom is -0.375 e. The molecule has 4 nitrogen and oxygen atoms in total. The monoisotopic (exact) mass is 335 g/mol. The molecule has 0 radical (unpaired) electrons. The van der Waals surface area contributed by atoms with Crippen LogP contribution in [0.2, 0.25) is 0 Å². The van der Waals surface area contributed by atoms with Gasteiger partial charge < -0.3 is 4.74 Å². The highest BCUT2D eigenvalue weighted by Gasteiger charge is 2.41. The minimum absolute atomic E-state index is 0.00375.